The van der Waals surface area contributed by atoms with Crippen LogP contribution in [0.2, 0.25) is 0 Å². The number of anilines is 1. The van der Waals surface area contributed by atoms with Gasteiger partial charge in [-0.1, -0.05) is 30.0 Å². The summed E-state index contributed by atoms with van der Waals surface area (Å²) in [5, 5.41) is 12.8. The topological polar surface area (TPSA) is 84.2 Å². The quantitative estimate of drug-likeness (QED) is 0.505. The normalized spacial score (nSPS) is 16.4. The molecule has 1 aliphatic heterocycles. The van der Waals surface area contributed by atoms with Crippen molar-refractivity contribution < 1.29 is 9.90 Å². The second kappa shape index (κ2) is 6.52. The molecule has 0 saturated carbocycles. The fraction of sp³-hybridized carbons (Fsp3) is 0.235. The third-order valence-electron chi connectivity index (χ3n) is 3.93. The van der Waals surface area contributed by atoms with Gasteiger partial charge in [0.2, 0.25) is 5.91 Å². The number of carbonyl (C=O) groups is 1. The minimum absolute atomic E-state index is 0.140. The number of hydrogen-bond donors (Lipinski definition) is 2. The largest absolute Gasteiger partial charge is 0.508 e. The van der Waals surface area contributed by atoms with Crippen LogP contribution in [0, 0.1) is 0 Å². The molecule has 124 valence electrons. The third kappa shape index (κ3) is 2.94. The van der Waals surface area contributed by atoms with Crippen LogP contribution in [0.3, 0.4) is 0 Å². The lowest BCUT2D eigenvalue weighted by Gasteiger charge is -2.27. The molecule has 0 radical (unpaired) electrons. The molecule has 24 heavy (non-hydrogen) atoms. The Hall–Kier alpha value is -2.54. The highest BCUT2D eigenvalue weighted by Gasteiger charge is 2.31. The Morgan fingerprint density at radius 3 is 2.79 bits per heavy atom. The Bertz CT molecular complexity index is 859. The number of phenols is 1. The number of phenolic OH excluding ortho intramolecular Hbond substituents is 1. The molecular weight excluding hydrogens is 326 g/mol. The minimum atomic E-state index is -0.376. The zero-order valence-electron chi connectivity index (χ0n) is 13.2. The lowest BCUT2D eigenvalue weighted by molar-refractivity contribution is -0.116. The van der Waals surface area contributed by atoms with Gasteiger partial charge in [-0.05, 0) is 17.7 Å². The van der Waals surface area contributed by atoms with Crippen LogP contribution in [0.5, 0.6) is 5.75 Å². The van der Waals surface area contributed by atoms with E-state index >= 15 is 0 Å². The van der Waals surface area contributed by atoms with Crippen LogP contribution in [0.1, 0.15) is 23.5 Å². The maximum Gasteiger partial charge on any atom is 0.279 e. The van der Waals surface area contributed by atoms with Crippen molar-refractivity contribution in [1.82, 2.24) is 9.55 Å². The molecule has 0 spiro atoms. The molecular formula is C17H17N3O3S. The molecule has 1 unspecified atom stereocenters. The average molecular weight is 343 g/mol. The maximum absolute atomic E-state index is 12.6. The number of nitrogens with zero attached hydrogens (tertiary/aromatic N) is 2. The zero-order chi connectivity index (χ0) is 17.3. The molecule has 1 amide bonds. The summed E-state index contributed by atoms with van der Waals surface area (Å²) in [4.78, 5) is 28.9. The van der Waals surface area contributed by atoms with Crippen LogP contribution in [0.15, 0.2) is 46.9 Å². The second-order valence-corrected chi connectivity index (χ2v) is 6.50. The van der Waals surface area contributed by atoms with Gasteiger partial charge in [-0.15, -0.1) is 6.58 Å². The number of nitrogens with one attached hydrogen (secondary N) is 1. The number of aromatic hydroxyl groups is 1. The van der Waals surface area contributed by atoms with Crippen LogP contribution >= 0.6 is 11.8 Å². The molecule has 2 N–H and O–H groups in total. The van der Waals surface area contributed by atoms with Crippen molar-refractivity contribution in [2.24, 2.45) is 7.05 Å². The molecule has 1 aromatic carbocycles. The summed E-state index contributed by atoms with van der Waals surface area (Å²) in [5.41, 5.74) is 0.938. The highest BCUT2D eigenvalue weighted by Crippen LogP contribution is 2.36. The van der Waals surface area contributed by atoms with Crippen molar-refractivity contribution >= 4 is 23.5 Å². The van der Waals surface area contributed by atoms with Crippen molar-refractivity contribution in [2.45, 2.75) is 17.5 Å². The van der Waals surface area contributed by atoms with E-state index in [9.17, 15) is 14.7 Å². The molecule has 2 heterocycles. The van der Waals surface area contributed by atoms with Gasteiger partial charge in [0.1, 0.15) is 11.6 Å². The first-order valence-electron chi connectivity index (χ1n) is 7.44. The first-order valence-corrected chi connectivity index (χ1v) is 8.43. The molecule has 6 nitrogen and oxygen atoms in total. The van der Waals surface area contributed by atoms with Gasteiger partial charge in [0, 0.05) is 25.1 Å². The maximum atomic E-state index is 12.6. The summed E-state index contributed by atoms with van der Waals surface area (Å²) in [6.07, 6.45) is 1.90. The Balaban J connectivity index is 2.14. The van der Waals surface area contributed by atoms with E-state index in [0.29, 0.717) is 22.3 Å². The molecule has 7 heteroatoms. The third-order valence-corrected chi connectivity index (χ3v) is 4.95. The zero-order valence-corrected chi connectivity index (χ0v) is 14.0. The summed E-state index contributed by atoms with van der Waals surface area (Å²) in [7, 11) is 1.77. The Kier molecular flexibility index (Phi) is 4.44. The van der Waals surface area contributed by atoms with Crippen molar-refractivity contribution in [3.63, 3.8) is 0 Å². The van der Waals surface area contributed by atoms with Gasteiger partial charge in [-0.25, -0.2) is 0 Å². The molecule has 0 bridgehead atoms. The van der Waals surface area contributed by atoms with E-state index in [-0.39, 0.29) is 29.6 Å². The molecule has 0 saturated heterocycles. The van der Waals surface area contributed by atoms with Gasteiger partial charge in [-0.2, -0.15) is 4.98 Å². The number of hydrogen-bond acceptors (Lipinski definition) is 5. The molecule has 3 rings (SSSR count). The number of amides is 1. The molecule has 1 aromatic heterocycles. The number of aromatic nitrogens is 2. The molecule has 2 aromatic rings. The molecule has 0 aliphatic carbocycles. The van der Waals surface area contributed by atoms with E-state index in [1.165, 1.54) is 11.8 Å². The highest BCUT2D eigenvalue weighted by molar-refractivity contribution is 7.99. The van der Waals surface area contributed by atoms with Gasteiger partial charge in [0.05, 0.1) is 5.56 Å². The van der Waals surface area contributed by atoms with E-state index in [1.54, 1.807) is 42.0 Å². The molecule has 1 aliphatic rings. The van der Waals surface area contributed by atoms with Crippen LogP contribution in [0.4, 0.5) is 5.82 Å². The monoisotopic (exact) mass is 343 g/mol. The van der Waals surface area contributed by atoms with Gasteiger partial charge in [-0.3, -0.25) is 9.59 Å². The fourth-order valence-electron chi connectivity index (χ4n) is 2.79. The van der Waals surface area contributed by atoms with Crippen molar-refractivity contribution in [1.29, 1.82) is 0 Å². The Morgan fingerprint density at radius 2 is 2.12 bits per heavy atom. The Morgan fingerprint density at radius 1 is 1.42 bits per heavy atom. The SMILES string of the molecule is C=CCSc1nc(=O)c2c(n1C)NC(=O)CC2c1ccc(O)cc1. The van der Waals surface area contributed by atoms with Crippen LogP contribution < -0.4 is 10.9 Å². The minimum Gasteiger partial charge on any atom is -0.508 e. The van der Waals surface area contributed by atoms with E-state index < -0.39 is 0 Å². The standard InChI is InChI=1S/C17H17N3O3S/c1-3-8-24-17-19-16(23)14-12(10-4-6-11(21)7-5-10)9-13(22)18-15(14)20(17)2/h3-7,12,21H,1,8-9H2,2H3,(H,18,22). The van der Waals surface area contributed by atoms with Crippen molar-refractivity contribution in [2.75, 3.05) is 11.1 Å². The lowest BCUT2D eigenvalue weighted by atomic mass is 9.87. The predicted octanol–water partition coefficient (Wildman–Crippen LogP) is 2.24. The fourth-order valence-corrected chi connectivity index (χ4v) is 3.49. The second-order valence-electron chi connectivity index (χ2n) is 5.52. The highest BCUT2D eigenvalue weighted by atomic mass is 32.2. The van der Waals surface area contributed by atoms with Gasteiger partial charge < -0.3 is 15.0 Å². The van der Waals surface area contributed by atoms with Crippen LogP contribution in [0.25, 0.3) is 0 Å². The smallest absolute Gasteiger partial charge is 0.279 e. The van der Waals surface area contributed by atoms with E-state index in [1.807, 2.05) is 0 Å². The summed E-state index contributed by atoms with van der Waals surface area (Å²) in [5.74, 6) is 0.715. The number of carbonyl (C=O) groups excluding carboxylic acids is 1. The summed E-state index contributed by atoms with van der Waals surface area (Å²) in [6, 6.07) is 6.55. The summed E-state index contributed by atoms with van der Waals surface area (Å²) < 4.78 is 1.73. The Labute approximate surface area is 143 Å². The molecule has 1 atom stereocenters. The van der Waals surface area contributed by atoms with Crippen molar-refractivity contribution in [3.8, 4) is 5.75 Å². The van der Waals surface area contributed by atoms with Gasteiger partial charge >= 0.3 is 0 Å². The number of fused-ring (bicyclic) bond motifs is 1. The first-order chi connectivity index (χ1) is 11.5. The van der Waals surface area contributed by atoms with Crippen molar-refractivity contribution in [3.05, 3.63) is 58.4 Å². The predicted molar refractivity (Wildman–Crippen MR) is 93.6 cm³/mol. The lowest BCUT2D eigenvalue weighted by Crippen LogP contribution is -2.33. The number of thioether (sulfide) groups is 1. The van der Waals surface area contributed by atoms with E-state index in [2.05, 4.69) is 16.9 Å². The van der Waals surface area contributed by atoms with Crippen LogP contribution in [-0.2, 0) is 11.8 Å². The summed E-state index contributed by atoms with van der Waals surface area (Å²) >= 11 is 1.38. The summed E-state index contributed by atoms with van der Waals surface area (Å²) in [6.45, 7) is 3.66. The van der Waals surface area contributed by atoms with Gasteiger partial charge in [0.25, 0.3) is 5.56 Å². The van der Waals surface area contributed by atoms with Crippen LogP contribution in [-0.4, -0.2) is 26.3 Å². The van der Waals surface area contributed by atoms with E-state index in [4.69, 9.17) is 0 Å². The average Bonchev–Trinajstić information content (AvgIpc) is 2.56. The van der Waals surface area contributed by atoms with E-state index in [0.717, 1.165) is 5.56 Å². The van der Waals surface area contributed by atoms with Gasteiger partial charge in [0.15, 0.2) is 5.16 Å². The number of benzene rings is 1. The number of rotatable bonds is 4. The molecule has 0 fully saturated rings. The first kappa shape index (κ1) is 16.3.